The minimum atomic E-state index is -5.19. The third-order valence-corrected chi connectivity index (χ3v) is 6.39. The van der Waals surface area contributed by atoms with Gasteiger partial charge in [-0.1, -0.05) is 0 Å². The molecule has 36 heavy (non-hydrogen) atoms. The third-order valence-electron chi connectivity index (χ3n) is 4.34. The van der Waals surface area contributed by atoms with Crippen LogP contribution in [-0.4, -0.2) is 34.3 Å². The van der Waals surface area contributed by atoms with Crippen LogP contribution in [0.4, 0.5) is 22.7 Å². The number of hydrogen-bond donors (Lipinski definition) is 1. The molecule has 1 N–H and O–H groups in total. The highest BCUT2D eigenvalue weighted by molar-refractivity contribution is 7.93. The summed E-state index contributed by atoms with van der Waals surface area (Å²) in [6, 6.07) is 7.77. The summed E-state index contributed by atoms with van der Waals surface area (Å²) in [6.45, 7) is 0. The minimum Gasteiger partial charge on any atom is -0.455 e. The highest BCUT2D eigenvalue weighted by Crippen LogP contribution is 2.40. The van der Waals surface area contributed by atoms with E-state index in [9.17, 15) is 31.2 Å². The van der Waals surface area contributed by atoms with Crippen LogP contribution >= 0.6 is 11.5 Å². The van der Waals surface area contributed by atoms with Crippen molar-refractivity contribution in [2.24, 2.45) is 0 Å². The number of hydrogen-bond acceptors (Lipinski definition) is 10. The molecule has 10 nitrogen and oxygen atoms in total. The van der Waals surface area contributed by atoms with Crippen LogP contribution in [-0.2, 0) is 10.0 Å². The molecule has 0 saturated carbocycles. The van der Waals surface area contributed by atoms with Gasteiger partial charge in [0.1, 0.15) is 23.9 Å². The second kappa shape index (κ2) is 9.71. The van der Waals surface area contributed by atoms with Crippen molar-refractivity contribution in [3.05, 3.63) is 66.5 Å². The number of rotatable bonds is 7. The van der Waals surface area contributed by atoms with Gasteiger partial charge in [-0.3, -0.25) is 4.72 Å². The number of nitrogens with one attached hydrogen (secondary N) is 1. The van der Waals surface area contributed by atoms with E-state index in [1.807, 2.05) is 0 Å². The molecule has 0 saturated heterocycles. The van der Waals surface area contributed by atoms with Gasteiger partial charge in [0.05, 0.1) is 22.9 Å². The van der Waals surface area contributed by atoms with Gasteiger partial charge in [-0.25, -0.2) is 17.8 Å². The van der Waals surface area contributed by atoms with E-state index in [-0.39, 0.29) is 38.2 Å². The molecule has 16 heteroatoms. The van der Waals surface area contributed by atoms with Crippen molar-refractivity contribution in [1.29, 1.82) is 5.26 Å². The third kappa shape index (κ3) is 5.64. The quantitative estimate of drug-likeness (QED) is 0.337. The second-order valence-corrected chi connectivity index (χ2v) is 9.14. The Kier molecular flexibility index (Phi) is 6.68. The number of alkyl halides is 3. The van der Waals surface area contributed by atoms with Gasteiger partial charge in [-0.05, 0) is 30.3 Å². The maximum Gasteiger partial charge on any atom is 0.573 e. The Morgan fingerprint density at radius 2 is 1.86 bits per heavy atom. The van der Waals surface area contributed by atoms with E-state index in [1.165, 1.54) is 18.5 Å². The highest BCUT2D eigenvalue weighted by atomic mass is 32.2. The number of nitriles is 1. The smallest absolute Gasteiger partial charge is 0.455 e. The van der Waals surface area contributed by atoms with Gasteiger partial charge < -0.3 is 9.47 Å². The minimum absolute atomic E-state index is 0.00653. The summed E-state index contributed by atoms with van der Waals surface area (Å²) in [5, 5.41) is 16.8. The van der Waals surface area contributed by atoms with E-state index in [0.29, 0.717) is 6.07 Å². The molecular formula is C20H10F4N6O4S2. The number of anilines is 1. The number of ether oxygens (including phenoxy) is 2. The molecule has 4 rings (SSSR count). The first-order valence-corrected chi connectivity index (χ1v) is 11.7. The molecule has 0 unspecified atom stereocenters. The van der Waals surface area contributed by atoms with E-state index < -0.39 is 28.0 Å². The van der Waals surface area contributed by atoms with Crippen molar-refractivity contribution in [3.8, 4) is 34.4 Å². The first-order valence-electron chi connectivity index (χ1n) is 9.43. The Hall–Kier alpha value is -4.36. The molecule has 2 aromatic carbocycles. The van der Waals surface area contributed by atoms with Gasteiger partial charge in [-0.2, -0.15) is 19.8 Å². The largest absolute Gasteiger partial charge is 0.573 e. The first kappa shape index (κ1) is 24.8. The van der Waals surface area contributed by atoms with E-state index in [0.717, 1.165) is 42.1 Å². The van der Waals surface area contributed by atoms with Crippen molar-refractivity contribution in [1.82, 2.24) is 19.6 Å². The first-order chi connectivity index (χ1) is 17.1. The van der Waals surface area contributed by atoms with Crippen LogP contribution < -0.4 is 14.2 Å². The average Bonchev–Trinajstić information content (AvgIpc) is 3.33. The molecule has 0 aliphatic carbocycles. The molecule has 0 amide bonds. The van der Waals surface area contributed by atoms with Crippen LogP contribution in [0.1, 0.15) is 5.56 Å². The normalized spacial score (nSPS) is 11.5. The lowest BCUT2D eigenvalue weighted by atomic mass is 10.1. The number of nitrogens with zero attached hydrogens (tertiary/aromatic N) is 5. The summed E-state index contributed by atoms with van der Waals surface area (Å²) in [5.74, 6) is -3.07. The number of benzene rings is 2. The van der Waals surface area contributed by atoms with Gasteiger partial charge in [0.2, 0.25) is 5.13 Å². The summed E-state index contributed by atoms with van der Waals surface area (Å²) in [7, 11) is -4.15. The molecule has 0 fully saturated rings. The van der Waals surface area contributed by atoms with Crippen LogP contribution in [0.5, 0.6) is 17.2 Å². The van der Waals surface area contributed by atoms with Crippen LogP contribution in [0.15, 0.2) is 60.0 Å². The Bertz CT molecular complexity index is 1540. The zero-order chi connectivity index (χ0) is 25.9. The Labute approximate surface area is 204 Å². The Balaban J connectivity index is 1.75. The fourth-order valence-electron chi connectivity index (χ4n) is 2.86. The van der Waals surface area contributed by atoms with E-state index >= 15 is 0 Å². The van der Waals surface area contributed by atoms with Crippen LogP contribution in [0.2, 0.25) is 0 Å². The topological polar surface area (TPSA) is 140 Å². The zero-order valence-corrected chi connectivity index (χ0v) is 19.0. The summed E-state index contributed by atoms with van der Waals surface area (Å²) in [5.41, 5.74) is -0.0802. The molecule has 0 bridgehead atoms. The Morgan fingerprint density at radius 3 is 2.50 bits per heavy atom. The number of halogens is 4. The molecule has 0 radical (unpaired) electrons. The maximum absolute atomic E-state index is 14.4. The van der Waals surface area contributed by atoms with E-state index in [1.54, 1.807) is 6.07 Å². The van der Waals surface area contributed by atoms with Crippen LogP contribution in [0.25, 0.3) is 11.1 Å². The van der Waals surface area contributed by atoms with Crippen molar-refractivity contribution in [2.45, 2.75) is 11.3 Å². The lowest BCUT2D eigenvalue weighted by molar-refractivity contribution is -0.275. The molecule has 0 atom stereocenters. The highest BCUT2D eigenvalue weighted by Gasteiger charge is 2.33. The standard InChI is InChI=1S/C20H10F4N6O4S2/c21-15-6-14(11-3-4-27-28-9-11)17(7-18(15)34-20(22,23)24)33-16-2-1-13(5-12(16)8-25)36(31,32)30-19-26-10-29-35-19/h1-7,9-10H,(H,26,29,30). The van der Waals surface area contributed by atoms with Crippen molar-refractivity contribution < 1.29 is 35.5 Å². The predicted octanol–water partition coefficient (Wildman–Crippen LogP) is 4.50. The molecule has 0 spiro atoms. The van der Waals surface area contributed by atoms with Crippen molar-refractivity contribution in [2.75, 3.05) is 4.72 Å². The van der Waals surface area contributed by atoms with Crippen molar-refractivity contribution in [3.63, 3.8) is 0 Å². The molecule has 0 aliphatic rings. The van der Waals surface area contributed by atoms with Gasteiger partial charge in [-0.15, -0.1) is 13.2 Å². The molecule has 0 aliphatic heterocycles. The number of aromatic nitrogens is 4. The molecular weight excluding hydrogens is 528 g/mol. The van der Waals surface area contributed by atoms with Gasteiger partial charge in [0, 0.05) is 28.7 Å². The maximum atomic E-state index is 14.4. The van der Waals surface area contributed by atoms with Gasteiger partial charge in [0.25, 0.3) is 10.0 Å². The SMILES string of the molecule is N#Cc1cc(S(=O)(=O)Nc2ncns2)ccc1Oc1cc(OC(F)(F)F)c(F)cc1-c1ccnnc1. The average molecular weight is 538 g/mol. The Morgan fingerprint density at radius 1 is 1.06 bits per heavy atom. The molecule has 2 aromatic heterocycles. The van der Waals surface area contributed by atoms with E-state index in [4.69, 9.17) is 4.74 Å². The molecule has 184 valence electrons. The molecule has 2 heterocycles. The van der Waals surface area contributed by atoms with Gasteiger partial charge in [0.15, 0.2) is 11.6 Å². The number of sulfonamides is 1. The fourth-order valence-corrected chi connectivity index (χ4v) is 4.55. The van der Waals surface area contributed by atoms with Crippen molar-refractivity contribution >= 4 is 26.7 Å². The zero-order valence-electron chi connectivity index (χ0n) is 17.4. The summed E-state index contributed by atoms with van der Waals surface area (Å²) >= 11 is 0.792. The fraction of sp³-hybridized carbons (Fsp3) is 0.0500. The lowest BCUT2D eigenvalue weighted by Crippen LogP contribution is -2.18. The van der Waals surface area contributed by atoms with Crippen LogP contribution in [0, 0.1) is 17.1 Å². The molecule has 4 aromatic rings. The lowest BCUT2D eigenvalue weighted by Gasteiger charge is -2.16. The summed E-state index contributed by atoms with van der Waals surface area (Å²) in [6.07, 6.45) is -1.56. The van der Waals surface area contributed by atoms with E-state index in [2.05, 4.69) is 29.0 Å². The monoisotopic (exact) mass is 538 g/mol. The van der Waals surface area contributed by atoms with Gasteiger partial charge >= 0.3 is 6.36 Å². The summed E-state index contributed by atoms with van der Waals surface area (Å²) in [4.78, 5) is 3.40. The second-order valence-electron chi connectivity index (χ2n) is 6.68. The summed E-state index contributed by atoms with van der Waals surface area (Å²) < 4.78 is 93.1. The predicted molar refractivity (Wildman–Crippen MR) is 116 cm³/mol. The van der Waals surface area contributed by atoms with Crippen LogP contribution in [0.3, 0.4) is 0 Å².